The standard InChI is InChI=1S/C15H16N4O4/c1-23-15(22)9-19-5-4-10-6-11(2-3-13(10)19)17-8-12(18-16)7-14(20)21/h2-6,8H,7,9,16H2,1H3,(H,20,21). The lowest BCUT2D eigenvalue weighted by atomic mass is 10.2. The molecule has 23 heavy (non-hydrogen) atoms. The summed E-state index contributed by atoms with van der Waals surface area (Å²) in [5.74, 6) is 3.76. The van der Waals surface area contributed by atoms with Crippen molar-refractivity contribution in [2.45, 2.75) is 13.0 Å². The quantitative estimate of drug-likeness (QED) is 0.360. The number of aromatic nitrogens is 1. The SMILES string of the molecule is COC(=O)Cn1ccc2cc(N=CC(CC(=O)O)=NN)ccc21. The molecule has 120 valence electrons. The maximum absolute atomic E-state index is 11.3. The Labute approximate surface area is 131 Å². The molecule has 0 aliphatic heterocycles. The number of methoxy groups -OCH3 is 1. The Morgan fingerprint density at radius 1 is 1.39 bits per heavy atom. The first kappa shape index (κ1) is 16.2. The number of esters is 1. The summed E-state index contributed by atoms with van der Waals surface area (Å²) in [5.41, 5.74) is 1.66. The van der Waals surface area contributed by atoms with Gasteiger partial charge in [-0.1, -0.05) is 0 Å². The normalized spacial score (nSPS) is 12.0. The predicted molar refractivity (Wildman–Crippen MR) is 86.0 cm³/mol. The predicted octanol–water partition coefficient (Wildman–Crippen LogP) is 1.31. The van der Waals surface area contributed by atoms with Gasteiger partial charge in [0.25, 0.3) is 0 Å². The molecule has 0 saturated heterocycles. The molecule has 0 fully saturated rings. The zero-order valence-electron chi connectivity index (χ0n) is 12.5. The third-order valence-corrected chi connectivity index (χ3v) is 3.14. The van der Waals surface area contributed by atoms with E-state index in [2.05, 4.69) is 14.8 Å². The molecule has 8 heteroatoms. The summed E-state index contributed by atoms with van der Waals surface area (Å²) in [5, 5.41) is 13.0. The van der Waals surface area contributed by atoms with Gasteiger partial charge in [0.2, 0.25) is 0 Å². The average Bonchev–Trinajstić information content (AvgIpc) is 2.93. The number of carbonyl (C=O) groups excluding carboxylic acids is 1. The second-order valence-electron chi connectivity index (χ2n) is 4.71. The fraction of sp³-hybridized carbons (Fsp3) is 0.200. The first-order valence-corrected chi connectivity index (χ1v) is 6.72. The van der Waals surface area contributed by atoms with Gasteiger partial charge in [-0.15, -0.1) is 0 Å². The average molecular weight is 316 g/mol. The van der Waals surface area contributed by atoms with Crippen molar-refractivity contribution in [3.05, 3.63) is 30.5 Å². The van der Waals surface area contributed by atoms with Crippen LogP contribution in [0, 0.1) is 0 Å². The molecule has 0 atom stereocenters. The van der Waals surface area contributed by atoms with E-state index in [4.69, 9.17) is 10.9 Å². The molecule has 2 aromatic rings. The highest BCUT2D eigenvalue weighted by molar-refractivity contribution is 6.34. The lowest BCUT2D eigenvalue weighted by molar-refractivity contribution is -0.141. The number of hydrazone groups is 1. The molecule has 0 amide bonds. The maximum atomic E-state index is 11.3. The number of carbonyl (C=O) groups is 2. The zero-order chi connectivity index (χ0) is 16.8. The summed E-state index contributed by atoms with van der Waals surface area (Å²) < 4.78 is 6.42. The summed E-state index contributed by atoms with van der Waals surface area (Å²) >= 11 is 0. The molecule has 0 aliphatic rings. The summed E-state index contributed by atoms with van der Waals surface area (Å²) in [6, 6.07) is 7.24. The van der Waals surface area contributed by atoms with Crippen LogP contribution in [0.4, 0.5) is 5.69 Å². The number of carboxylic acid groups (broad SMARTS) is 1. The maximum Gasteiger partial charge on any atom is 0.325 e. The van der Waals surface area contributed by atoms with E-state index in [9.17, 15) is 9.59 Å². The van der Waals surface area contributed by atoms with Crippen molar-refractivity contribution in [1.82, 2.24) is 4.57 Å². The molecule has 2 rings (SSSR count). The van der Waals surface area contributed by atoms with E-state index in [0.717, 1.165) is 10.9 Å². The van der Waals surface area contributed by atoms with Crippen LogP contribution in [0.5, 0.6) is 0 Å². The minimum Gasteiger partial charge on any atom is -0.481 e. The number of aliphatic carboxylic acids is 1. The highest BCUT2D eigenvalue weighted by atomic mass is 16.5. The second-order valence-corrected chi connectivity index (χ2v) is 4.71. The van der Waals surface area contributed by atoms with Gasteiger partial charge in [0.15, 0.2) is 0 Å². The van der Waals surface area contributed by atoms with Crippen molar-refractivity contribution in [3.63, 3.8) is 0 Å². The summed E-state index contributed by atoms with van der Waals surface area (Å²) in [6.45, 7) is 0.130. The molecular formula is C15H16N4O4. The smallest absolute Gasteiger partial charge is 0.325 e. The van der Waals surface area contributed by atoms with Gasteiger partial charge in [0, 0.05) is 17.1 Å². The Morgan fingerprint density at radius 3 is 2.83 bits per heavy atom. The fourth-order valence-corrected chi connectivity index (χ4v) is 2.04. The molecule has 0 spiro atoms. The highest BCUT2D eigenvalue weighted by Crippen LogP contribution is 2.22. The molecule has 8 nitrogen and oxygen atoms in total. The van der Waals surface area contributed by atoms with Crippen molar-refractivity contribution in [3.8, 4) is 0 Å². The van der Waals surface area contributed by atoms with Crippen LogP contribution in [-0.2, 0) is 20.9 Å². The van der Waals surface area contributed by atoms with Crippen LogP contribution in [0.15, 0.2) is 40.6 Å². The van der Waals surface area contributed by atoms with E-state index in [-0.39, 0.29) is 24.6 Å². The van der Waals surface area contributed by atoms with Gasteiger partial charge in [-0.25, -0.2) is 0 Å². The summed E-state index contributed by atoms with van der Waals surface area (Å²) in [6.07, 6.45) is 2.81. The summed E-state index contributed by atoms with van der Waals surface area (Å²) in [7, 11) is 1.34. The highest BCUT2D eigenvalue weighted by Gasteiger charge is 2.07. The minimum absolute atomic E-state index is 0.130. The number of aliphatic imine (C=N–C) groups is 1. The molecule has 0 saturated carbocycles. The number of ether oxygens (including phenoxy) is 1. The molecular weight excluding hydrogens is 300 g/mol. The Kier molecular flexibility index (Phi) is 5.08. The minimum atomic E-state index is -1.03. The molecule has 0 aliphatic carbocycles. The lowest BCUT2D eigenvalue weighted by Gasteiger charge is -2.03. The van der Waals surface area contributed by atoms with Crippen LogP contribution in [-0.4, -0.2) is 40.6 Å². The Bertz CT molecular complexity index is 792. The molecule has 0 unspecified atom stereocenters. The van der Waals surface area contributed by atoms with E-state index in [0.29, 0.717) is 5.69 Å². The number of benzene rings is 1. The monoisotopic (exact) mass is 316 g/mol. The number of hydrogen-bond acceptors (Lipinski definition) is 6. The fourth-order valence-electron chi connectivity index (χ4n) is 2.04. The topological polar surface area (TPSA) is 119 Å². The molecule has 1 heterocycles. The first-order chi connectivity index (χ1) is 11.0. The van der Waals surface area contributed by atoms with Crippen molar-refractivity contribution in [1.29, 1.82) is 0 Å². The zero-order valence-corrected chi connectivity index (χ0v) is 12.5. The van der Waals surface area contributed by atoms with E-state index >= 15 is 0 Å². The van der Waals surface area contributed by atoms with Crippen LogP contribution in [0.3, 0.4) is 0 Å². The molecule has 0 bridgehead atoms. The number of nitrogens with two attached hydrogens (primary N) is 1. The Morgan fingerprint density at radius 2 is 2.17 bits per heavy atom. The van der Waals surface area contributed by atoms with Crippen LogP contribution in [0.1, 0.15) is 6.42 Å². The van der Waals surface area contributed by atoms with E-state index < -0.39 is 5.97 Å². The molecule has 0 radical (unpaired) electrons. The van der Waals surface area contributed by atoms with Gasteiger partial charge in [-0.05, 0) is 24.3 Å². The lowest BCUT2D eigenvalue weighted by Crippen LogP contribution is -2.10. The van der Waals surface area contributed by atoms with Gasteiger partial charge >= 0.3 is 11.9 Å². The van der Waals surface area contributed by atoms with Gasteiger partial charge in [0.05, 0.1) is 31.1 Å². The number of carboxylic acids is 1. The Balaban J connectivity index is 2.21. The van der Waals surface area contributed by atoms with Crippen molar-refractivity contribution in [2.75, 3.05) is 7.11 Å². The molecule has 1 aromatic carbocycles. The van der Waals surface area contributed by atoms with Gasteiger partial charge in [0.1, 0.15) is 6.54 Å². The van der Waals surface area contributed by atoms with Crippen molar-refractivity contribution in [2.24, 2.45) is 15.9 Å². The number of hydrogen-bond donors (Lipinski definition) is 2. The van der Waals surface area contributed by atoms with Gasteiger partial charge in [-0.2, -0.15) is 5.10 Å². The van der Waals surface area contributed by atoms with E-state index in [1.807, 2.05) is 18.2 Å². The van der Waals surface area contributed by atoms with Gasteiger partial charge in [-0.3, -0.25) is 14.6 Å². The first-order valence-electron chi connectivity index (χ1n) is 6.72. The molecule has 3 N–H and O–H groups in total. The molecule has 1 aromatic heterocycles. The summed E-state index contributed by atoms with van der Waals surface area (Å²) in [4.78, 5) is 26.1. The largest absolute Gasteiger partial charge is 0.481 e. The van der Waals surface area contributed by atoms with E-state index in [1.54, 1.807) is 16.8 Å². The number of nitrogens with zero attached hydrogens (tertiary/aromatic N) is 3. The van der Waals surface area contributed by atoms with Crippen LogP contribution in [0.25, 0.3) is 10.9 Å². The third-order valence-electron chi connectivity index (χ3n) is 3.14. The number of rotatable bonds is 6. The second kappa shape index (κ2) is 7.21. The third kappa shape index (κ3) is 4.16. The Hall–Kier alpha value is -3.16. The van der Waals surface area contributed by atoms with Gasteiger partial charge < -0.3 is 20.3 Å². The van der Waals surface area contributed by atoms with Crippen LogP contribution >= 0.6 is 0 Å². The van der Waals surface area contributed by atoms with Crippen molar-refractivity contribution >= 4 is 40.5 Å². The van der Waals surface area contributed by atoms with Crippen LogP contribution in [0.2, 0.25) is 0 Å². The van der Waals surface area contributed by atoms with Crippen molar-refractivity contribution < 1.29 is 19.4 Å². The van der Waals surface area contributed by atoms with Crippen LogP contribution < -0.4 is 5.84 Å². The van der Waals surface area contributed by atoms with E-state index in [1.165, 1.54) is 13.3 Å². The number of fused-ring (bicyclic) bond motifs is 1.